The third-order valence-corrected chi connectivity index (χ3v) is 7.04. The molecular formula is C28H28BF4N4O2. The maximum Gasteiger partial charge on any atom is 0.419 e. The fourth-order valence-corrected chi connectivity index (χ4v) is 4.98. The van der Waals surface area contributed by atoms with Crippen LogP contribution >= 0.6 is 0 Å². The summed E-state index contributed by atoms with van der Waals surface area (Å²) in [6.07, 6.45) is -1.45. The summed E-state index contributed by atoms with van der Waals surface area (Å²) >= 11 is 0. The van der Waals surface area contributed by atoms with Gasteiger partial charge in [-0.1, -0.05) is 36.4 Å². The van der Waals surface area contributed by atoms with Crippen LogP contribution in [0.15, 0.2) is 48.7 Å². The van der Waals surface area contributed by atoms with Gasteiger partial charge in [-0.3, -0.25) is 4.79 Å². The van der Waals surface area contributed by atoms with Gasteiger partial charge in [-0.05, 0) is 73.0 Å². The Hall–Kier alpha value is -3.60. The standard InChI is InChI=1S/C28H28BF4N4O2/c30-24-13-21(19-9-11-37(12-10-19)29-17-38)5-6-22(24)15-27-35-16-23(28(31,32)33)25(36-27)8-7-18-3-1-2-4-20(18)14-26(34)39/h1-6,13,16-17,19H,7-12,14-15H2,(H2,34,39). The van der Waals surface area contributed by atoms with Crippen molar-refractivity contribution < 1.29 is 27.2 Å². The van der Waals surface area contributed by atoms with Crippen molar-refractivity contribution in [2.75, 3.05) is 13.1 Å². The molecule has 1 saturated heterocycles. The van der Waals surface area contributed by atoms with Gasteiger partial charge in [0.15, 0.2) is 0 Å². The number of benzene rings is 2. The van der Waals surface area contributed by atoms with Crippen molar-refractivity contribution in [1.82, 2.24) is 14.8 Å². The summed E-state index contributed by atoms with van der Waals surface area (Å²) < 4.78 is 56.2. The Morgan fingerprint density at radius 2 is 1.79 bits per heavy atom. The van der Waals surface area contributed by atoms with E-state index in [0.717, 1.165) is 30.8 Å². The van der Waals surface area contributed by atoms with Gasteiger partial charge < -0.3 is 15.3 Å². The molecule has 0 bridgehead atoms. The average molecular weight is 539 g/mol. The zero-order chi connectivity index (χ0) is 28.0. The highest BCUT2D eigenvalue weighted by Crippen LogP contribution is 2.32. The average Bonchev–Trinajstić information content (AvgIpc) is 2.89. The molecule has 1 amide bonds. The number of carbonyl (C=O) groups excluding carboxylic acids is 2. The van der Waals surface area contributed by atoms with Crippen molar-refractivity contribution in [3.63, 3.8) is 0 Å². The van der Waals surface area contributed by atoms with Crippen LogP contribution in [0.2, 0.25) is 0 Å². The summed E-state index contributed by atoms with van der Waals surface area (Å²) in [6.45, 7) is 1.42. The van der Waals surface area contributed by atoms with Crippen molar-refractivity contribution in [3.05, 3.63) is 93.8 Å². The van der Waals surface area contributed by atoms with E-state index in [1.54, 1.807) is 30.3 Å². The lowest BCUT2D eigenvalue weighted by Gasteiger charge is -2.30. The first kappa shape index (κ1) is 28.4. The van der Waals surface area contributed by atoms with Crippen LogP contribution in [0.5, 0.6) is 0 Å². The molecule has 39 heavy (non-hydrogen) atoms. The van der Waals surface area contributed by atoms with Crippen LogP contribution in [-0.2, 0) is 41.4 Å². The van der Waals surface area contributed by atoms with Gasteiger partial charge in [-0.15, -0.1) is 0 Å². The number of nitrogens with zero attached hydrogens (tertiary/aromatic N) is 3. The third kappa shape index (κ3) is 7.50. The molecule has 0 spiro atoms. The van der Waals surface area contributed by atoms with E-state index in [-0.39, 0.29) is 43.1 Å². The molecule has 0 saturated carbocycles. The second kappa shape index (κ2) is 12.5. The van der Waals surface area contributed by atoms with Crippen molar-refractivity contribution in [3.8, 4) is 0 Å². The maximum atomic E-state index is 15.0. The van der Waals surface area contributed by atoms with E-state index in [0.29, 0.717) is 29.8 Å². The molecule has 1 aromatic heterocycles. The number of alkyl halides is 3. The molecule has 203 valence electrons. The number of aryl methyl sites for hydroxylation is 2. The molecule has 2 N–H and O–H groups in total. The number of rotatable bonds is 10. The molecule has 0 aliphatic carbocycles. The minimum atomic E-state index is -4.65. The number of amides is 1. The Kier molecular flexibility index (Phi) is 9.11. The normalized spacial score (nSPS) is 14.8. The summed E-state index contributed by atoms with van der Waals surface area (Å²) in [5, 5.41) is 0. The fourth-order valence-electron chi connectivity index (χ4n) is 4.98. The van der Waals surface area contributed by atoms with Gasteiger partial charge in [0.25, 0.3) is 7.41 Å². The highest BCUT2D eigenvalue weighted by Gasteiger charge is 2.35. The highest BCUT2D eigenvalue weighted by molar-refractivity contribution is 6.64. The molecule has 0 unspecified atom stereocenters. The Labute approximate surface area is 224 Å². The summed E-state index contributed by atoms with van der Waals surface area (Å²) in [6, 6.07) is 11.9. The van der Waals surface area contributed by atoms with Crippen molar-refractivity contribution >= 4 is 19.5 Å². The fraction of sp³-hybridized carbons (Fsp3) is 0.357. The van der Waals surface area contributed by atoms with E-state index in [1.165, 1.54) is 13.5 Å². The number of nitrogens with two attached hydrogens (primary N) is 1. The van der Waals surface area contributed by atoms with Crippen LogP contribution in [0.4, 0.5) is 17.6 Å². The molecule has 1 radical (unpaired) electrons. The Morgan fingerprint density at radius 1 is 1.08 bits per heavy atom. The number of aromatic nitrogens is 2. The van der Waals surface area contributed by atoms with Gasteiger partial charge in [0.05, 0.1) is 23.9 Å². The first-order valence-electron chi connectivity index (χ1n) is 12.7. The molecule has 2 heterocycles. The first-order chi connectivity index (χ1) is 18.6. The lowest BCUT2D eigenvalue weighted by Crippen LogP contribution is -2.36. The molecule has 6 nitrogen and oxygen atoms in total. The van der Waals surface area contributed by atoms with Gasteiger partial charge in [0, 0.05) is 12.6 Å². The molecule has 1 aliphatic rings. The van der Waals surface area contributed by atoms with Crippen LogP contribution in [0.3, 0.4) is 0 Å². The Bertz CT molecular complexity index is 1330. The highest BCUT2D eigenvalue weighted by atomic mass is 19.4. The van der Waals surface area contributed by atoms with Crippen molar-refractivity contribution in [2.24, 2.45) is 5.73 Å². The van der Waals surface area contributed by atoms with E-state index < -0.39 is 23.5 Å². The van der Waals surface area contributed by atoms with Crippen molar-refractivity contribution in [2.45, 2.75) is 50.6 Å². The van der Waals surface area contributed by atoms with Gasteiger partial charge in [0.2, 0.25) is 5.91 Å². The maximum absolute atomic E-state index is 15.0. The SMILES string of the molecule is NC(=O)Cc1ccccc1CCc1nc(Cc2ccc(C3CCN([B]C=O)CC3)cc2F)ncc1C(F)(F)F. The second-order valence-corrected chi connectivity index (χ2v) is 9.68. The van der Waals surface area contributed by atoms with Crippen molar-refractivity contribution in [1.29, 1.82) is 0 Å². The van der Waals surface area contributed by atoms with Crippen LogP contribution in [0, 0.1) is 5.82 Å². The van der Waals surface area contributed by atoms with E-state index in [2.05, 4.69) is 9.97 Å². The van der Waals surface area contributed by atoms with Gasteiger partial charge in [-0.2, -0.15) is 13.2 Å². The number of hydrogen-bond donors (Lipinski definition) is 1. The molecule has 2 aromatic carbocycles. The minimum absolute atomic E-state index is 0.0110. The molecular weight excluding hydrogens is 511 g/mol. The van der Waals surface area contributed by atoms with Crippen LogP contribution in [0.25, 0.3) is 0 Å². The summed E-state index contributed by atoms with van der Waals surface area (Å²) in [7, 11) is 1.51. The zero-order valence-electron chi connectivity index (χ0n) is 21.3. The predicted molar refractivity (Wildman–Crippen MR) is 139 cm³/mol. The van der Waals surface area contributed by atoms with Crippen LogP contribution < -0.4 is 5.73 Å². The topological polar surface area (TPSA) is 89.2 Å². The van der Waals surface area contributed by atoms with Gasteiger partial charge >= 0.3 is 6.18 Å². The lowest BCUT2D eigenvalue weighted by molar-refractivity contribution is -0.138. The predicted octanol–water partition coefficient (Wildman–Crippen LogP) is 4.03. The first-order valence-corrected chi connectivity index (χ1v) is 12.7. The van der Waals surface area contributed by atoms with E-state index >= 15 is 4.39 Å². The quantitative estimate of drug-likeness (QED) is 0.239. The Balaban J connectivity index is 1.51. The molecule has 0 atom stereocenters. The van der Waals surface area contributed by atoms with E-state index in [1.807, 2.05) is 10.9 Å². The number of halogens is 4. The lowest BCUT2D eigenvalue weighted by atomic mass is 9.84. The molecule has 1 aliphatic heterocycles. The van der Waals surface area contributed by atoms with Gasteiger partial charge in [-0.25, -0.2) is 14.4 Å². The summed E-state index contributed by atoms with van der Waals surface area (Å²) in [4.78, 5) is 32.1. The Morgan fingerprint density at radius 3 is 2.44 bits per heavy atom. The summed E-state index contributed by atoms with van der Waals surface area (Å²) in [5.41, 5.74) is 6.69. The summed E-state index contributed by atoms with van der Waals surface area (Å²) in [5.74, 6) is -0.735. The molecule has 4 rings (SSSR count). The molecule has 3 aromatic rings. The van der Waals surface area contributed by atoms with Gasteiger partial charge in [0.1, 0.15) is 11.6 Å². The zero-order valence-corrected chi connectivity index (χ0v) is 21.3. The number of carbonyl (C=O) groups is 2. The molecule has 11 heteroatoms. The largest absolute Gasteiger partial charge is 0.419 e. The molecule has 1 fully saturated rings. The van der Waals surface area contributed by atoms with Crippen LogP contribution in [0.1, 0.15) is 58.1 Å². The second-order valence-electron chi connectivity index (χ2n) is 9.68. The van der Waals surface area contributed by atoms with E-state index in [9.17, 15) is 22.8 Å². The third-order valence-electron chi connectivity index (χ3n) is 7.04. The minimum Gasteiger partial charge on any atom is -0.369 e. The smallest absolute Gasteiger partial charge is 0.369 e. The van der Waals surface area contributed by atoms with Crippen LogP contribution in [-0.4, -0.2) is 47.4 Å². The number of primary amides is 1. The van der Waals surface area contributed by atoms with E-state index in [4.69, 9.17) is 5.73 Å². The number of hydrogen-bond acceptors (Lipinski definition) is 5. The monoisotopic (exact) mass is 539 g/mol. The number of piperidine rings is 1.